The third-order valence-corrected chi connectivity index (χ3v) is 6.62. The van der Waals surface area contributed by atoms with Gasteiger partial charge in [-0.05, 0) is 44.0 Å². The molecular weight excluding hydrogens is 463 g/mol. The minimum atomic E-state index is -0.833. The lowest BCUT2D eigenvalue weighted by molar-refractivity contribution is 0.255. The number of methoxy groups -OCH3 is 1. The van der Waals surface area contributed by atoms with Gasteiger partial charge in [-0.3, -0.25) is 10.2 Å². The van der Waals surface area contributed by atoms with Crippen LogP contribution in [0.3, 0.4) is 0 Å². The monoisotopic (exact) mass is 492 g/mol. The maximum atomic E-state index is 13.8. The lowest BCUT2D eigenvalue weighted by Gasteiger charge is -2.28. The van der Waals surface area contributed by atoms with E-state index >= 15 is 0 Å². The minimum absolute atomic E-state index is 0.112. The van der Waals surface area contributed by atoms with Gasteiger partial charge in [-0.15, -0.1) is 0 Å². The van der Waals surface area contributed by atoms with Crippen LogP contribution in [0.1, 0.15) is 19.8 Å². The molecule has 0 saturated carbocycles. The zero-order valence-electron chi connectivity index (χ0n) is 20.6. The lowest BCUT2D eigenvalue weighted by Crippen LogP contribution is -2.42. The third-order valence-electron chi connectivity index (χ3n) is 6.62. The number of ether oxygens (including phenoxy) is 1. The number of anilines is 4. The molecule has 11 heteroatoms. The quantitative estimate of drug-likeness (QED) is 0.588. The molecular formula is C25H29FN8O2. The van der Waals surface area contributed by atoms with E-state index in [1.54, 1.807) is 17.2 Å². The van der Waals surface area contributed by atoms with Gasteiger partial charge in [-0.1, -0.05) is 0 Å². The van der Waals surface area contributed by atoms with Crippen LogP contribution in [-0.2, 0) is 0 Å². The van der Waals surface area contributed by atoms with Crippen LogP contribution in [0.15, 0.2) is 42.9 Å². The summed E-state index contributed by atoms with van der Waals surface area (Å²) in [6.45, 7) is 3.76. The Labute approximate surface area is 209 Å². The Morgan fingerprint density at radius 2 is 2.00 bits per heavy atom. The standard InChI is InChI=1S/C25H29FN8O2/c1-16-7-10-32(2)20-5-4-19(17-6-9-27-22(12-17)33-11-8-18(26)14-33)30-24(20)34(16)25(35)31-21-13-23(36-3)29-15-28-21/h4-6,9,12-13,15-16,18H,7-8,10-11,14H2,1-3H3,(H,28,29,31,35)/t16-,18-/m1/s1. The van der Waals surface area contributed by atoms with Gasteiger partial charge in [0.25, 0.3) is 0 Å². The maximum Gasteiger partial charge on any atom is 0.328 e. The molecule has 188 valence electrons. The third kappa shape index (κ3) is 4.73. The molecule has 10 nitrogen and oxygen atoms in total. The molecule has 0 bridgehead atoms. The van der Waals surface area contributed by atoms with E-state index < -0.39 is 6.17 Å². The van der Waals surface area contributed by atoms with Crippen molar-refractivity contribution in [1.29, 1.82) is 0 Å². The fourth-order valence-corrected chi connectivity index (χ4v) is 4.58. The molecule has 0 aliphatic carbocycles. The number of aromatic nitrogens is 4. The molecule has 1 N–H and O–H groups in total. The Kier molecular flexibility index (Phi) is 6.53. The highest BCUT2D eigenvalue weighted by molar-refractivity contribution is 6.03. The largest absolute Gasteiger partial charge is 0.481 e. The van der Waals surface area contributed by atoms with E-state index in [0.717, 1.165) is 30.0 Å². The minimum Gasteiger partial charge on any atom is -0.481 e. The van der Waals surface area contributed by atoms with Crippen molar-refractivity contribution < 1.29 is 13.9 Å². The molecule has 2 aliphatic rings. The summed E-state index contributed by atoms with van der Waals surface area (Å²) in [5, 5.41) is 2.86. The summed E-state index contributed by atoms with van der Waals surface area (Å²) in [6, 6.07) is 8.84. The van der Waals surface area contributed by atoms with Gasteiger partial charge in [0.05, 0.1) is 25.0 Å². The van der Waals surface area contributed by atoms with Crippen molar-refractivity contribution in [2.75, 3.05) is 53.8 Å². The predicted molar refractivity (Wildman–Crippen MR) is 137 cm³/mol. The maximum absolute atomic E-state index is 13.8. The van der Waals surface area contributed by atoms with Gasteiger partial charge in [0.15, 0.2) is 5.82 Å². The zero-order chi connectivity index (χ0) is 25.2. The summed E-state index contributed by atoms with van der Waals surface area (Å²) < 4.78 is 18.9. The van der Waals surface area contributed by atoms with Gasteiger partial charge >= 0.3 is 6.03 Å². The van der Waals surface area contributed by atoms with E-state index in [2.05, 4.69) is 25.2 Å². The first-order valence-corrected chi connectivity index (χ1v) is 12.0. The summed E-state index contributed by atoms with van der Waals surface area (Å²) in [4.78, 5) is 36.8. The van der Waals surface area contributed by atoms with E-state index in [1.165, 1.54) is 13.4 Å². The first-order chi connectivity index (χ1) is 17.4. The number of hydrogen-bond acceptors (Lipinski definition) is 8. The number of amides is 2. The SMILES string of the molecule is COc1cc(NC(=O)N2c3nc(-c4ccnc(N5CC[C@@H](F)C5)c4)ccc3N(C)CC[C@H]2C)ncn1. The van der Waals surface area contributed by atoms with Crippen LogP contribution in [0.4, 0.5) is 32.3 Å². The Morgan fingerprint density at radius 1 is 1.14 bits per heavy atom. The fraction of sp³-hybridized carbons (Fsp3) is 0.400. The van der Waals surface area contributed by atoms with E-state index in [1.807, 2.05) is 43.1 Å². The molecule has 3 aromatic rings. The number of alkyl halides is 1. The van der Waals surface area contributed by atoms with Crippen LogP contribution < -0.4 is 24.8 Å². The first-order valence-electron chi connectivity index (χ1n) is 12.0. The number of carbonyl (C=O) groups is 1. The molecule has 5 heterocycles. The van der Waals surface area contributed by atoms with Crippen molar-refractivity contribution in [1.82, 2.24) is 19.9 Å². The second-order valence-corrected chi connectivity index (χ2v) is 9.08. The van der Waals surface area contributed by atoms with Gasteiger partial charge < -0.3 is 14.5 Å². The van der Waals surface area contributed by atoms with Crippen LogP contribution in [0.2, 0.25) is 0 Å². The van der Waals surface area contributed by atoms with Gasteiger partial charge in [0, 0.05) is 44.0 Å². The number of urea groups is 1. The number of rotatable bonds is 4. The van der Waals surface area contributed by atoms with Crippen molar-refractivity contribution in [2.45, 2.75) is 32.0 Å². The lowest BCUT2D eigenvalue weighted by atomic mass is 10.1. The Hall–Kier alpha value is -4.02. The van der Waals surface area contributed by atoms with Crippen LogP contribution >= 0.6 is 0 Å². The van der Waals surface area contributed by atoms with Crippen molar-refractivity contribution in [2.24, 2.45) is 0 Å². The molecule has 2 amide bonds. The van der Waals surface area contributed by atoms with E-state index in [9.17, 15) is 9.18 Å². The molecule has 0 aromatic carbocycles. The van der Waals surface area contributed by atoms with Crippen LogP contribution in [-0.4, -0.2) is 72.0 Å². The van der Waals surface area contributed by atoms with Crippen LogP contribution in [0, 0.1) is 0 Å². The average Bonchev–Trinajstić information content (AvgIpc) is 3.28. The summed E-state index contributed by atoms with van der Waals surface area (Å²) in [7, 11) is 3.50. The molecule has 36 heavy (non-hydrogen) atoms. The summed E-state index contributed by atoms with van der Waals surface area (Å²) in [6.07, 6.45) is 3.49. The molecule has 5 rings (SSSR count). The smallest absolute Gasteiger partial charge is 0.328 e. The highest BCUT2D eigenvalue weighted by atomic mass is 19.1. The summed E-state index contributed by atoms with van der Waals surface area (Å²) in [5.74, 6) is 1.98. The average molecular weight is 493 g/mol. The van der Waals surface area contributed by atoms with Gasteiger partial charge in [-0.25, -0.2) is 29.1 Å². The molecule has 1 saturated heterocycles. The number of halogens is 1. The molecule has 0 spiro atoms. The fourth-order valence-electron chi connectivity index (χ4n) is 4.58. The first kappa shape index (κ1) is 23.7. The van der Waals surface area contributed by atoms with Crippen molar-refractivity contribution in [3.05, 3.63) is 42.9 Å². The second-order valence-electron chi connectivity index (χ2n) is 9.08. The Balaban J connectivity index is 1.50. The molecule has 0 unspecified atom stereocenters. The molecule has 2 aliphatic heterocycles. The second kappa shape index (κ2) is 9.92. The van der Waals surface area contributed by atoms with E-state index in [4.69, 9.17) is 9.72 Å². The number of hydrogen-bond donors (Lipinski definition) is 1. The van der Waals surface area contributed by atoms with Gasteiger partial charge in [0.2, 0.25) is 5.88 Å². The van der Waals surface area contributed by atoms with Crippen molar-refractivity contribution in [3.8, 4) is 17.1 Å². The normalized spacial score (nSPS) is 19.6. The highest BCUT2D eigenvalue weighted by Crippen LogP contribution is 2.35. The number of nitrogens with zero attached hydrogens (tertiary/aromatic N) is 7. The van der Waals surface area contributed by atoms with Crippen LogP contribution in [0.5, 0.6) is 5.88 Å². The summed E-state index contributed by atoms with van der Waals surface area (Å²) >= 11 is 0. The Bertz CT molecular complexity index is 1260. The number of fused-ring (bicyclic) bond motifs is 1. The number of carbonyl (C=O) groups excluding carboxylic acids is 1. The number of nitrogens with one attached hydrogen (secondary N) is 1. The van der Waals surface area contributed by atoms with E-state index in [0.29, 0.717) is 42.7 Å². The van der Waals surface area contributed by atoms with Gasteiger partial charge in [-0.2, -0.15) is 0 Å². The highest BCUT2D eigenvalue weighted by Gasteiger charge is 2.31. The molecule has 1 fully saturated rings. The van der Waals surface area contributed by atoms with Crippen LogP contribution in [0.25, 0.3) is 11.3 Å². The van der Waals surface area contributed by atoms with Crippen molar-refractivity contribution >= 4 is 29.2 Å². The van der Waals surface area contributed by atoms with Crippen molar-refractivity contribution in [3.63, 3.8) is 0 Å². The molecule has 3 aromatic heterocycles. The number of pyridine rings is 2. The molecule has 2 atom stereocenters. The predicted octanol–water partition coefficient (Wildman–Crippen LogP) is 3.76. The molecule has 0 radical (unpaired) electrons. The Morgan fingerprint density at radius 3 is 2.78 bits per heavy atom. The topological polar surface area (TPSA) is 99.6 Å². The van der Waals surface area contributed by atoms with E-state index in [-0.39, 0.29) is 12.1 Å². The van der Waals surface area contributed by atoms with Gasteiger partial charge in [0.1, 0.15) is 24.1 Å². The summed E-state index contributed by atoms with van der Waals surface area (Å²) in [5.41, 5.74) is 2.41. The zero-order valence-corrected chi connectivity index (χ0v) is 20.6.